The number of carboxylic acids is 1. The number of anilines is 2. The summed E-state index contributed by atoms with van der Waals surface area (Å²) < 4.78 is 20.9. The first kappa shape index (κ1) is 29.1. The van der Waals surface area contributed by atoms with Crippen LogP contribution in [0.15, 0.2) is 30.5 Å². The summed E-state index contributed by atoms with van der Waals surface area (Å²) in [5.41, 5.74) is 2.74. The lowest BCUT2D eigenvalue weighted by Gasteiger charge is -2.27. The van der Waals surface area contributed by atoms with Gasteiger partial charge in [-0.05, 0) is 60.9 Å². The van der Waals surface area contributed by atoms with E-state index in [0.29, 0.717) is 54.4 Å². The van der Waals surface area contributed by atoms with E-state index in [1.807, 2.05) is 6.07 Å². The number of hydrogen-bond donors (Lipinski definition) is 1. The van der Waals surface area contributed by atoms with Crippen molar-refractivity contribution in [2.75, 3.05) is 37.1 Å². The molecule has 2 aliphatic heterocycles. The van der Waals surface area contributed by atoms with Crippen molar-refractivity contribution in [3.05, 3.63) is 46.2 Å². The molecule has 1 saturated heterocycles. The van der Waals surface area contributed by atoms with Gasteiger partial charge in [-0.3, -0.25) is 24.2 Å². The van der Waals surface area contributed by atoms with E-state index in [9.17, 15) is 19.5 Å². The molecular weight excluding hydrogens is 571 g/mol. The maximum atomic E-state index is 15.5. The molecule has 3 aromatic rings. The van der Waals surface area contributed by atoms with Crippen molar-refractivity contribution < 1.29 is 28.6 Å². The predicted molar refractivity (Wildman–Crippen MR) is 155 cm³/mol. The van der Waals surface area contributed by atoms with Crippen LogP contribution in [0.1, 0.15) is 37.7 Å². The first-order chi connectivity index (χ1) is 19.6. The van der Waals surface area contributed by atoms with E-state index in [4.69, 9.17) is 16.3 Å². The summed E-state index contributed by atoms with van der Waals surface area (Å²) in [5.74, 6) is -1.45. The summed E-state index contributed by atoms with van der Waals surface area (Å²) in [6.45, 7) is 1.18. The highest BCUT2D eigenvalue weighted by molar-refractivity contribution is 7.14. The minimum absolute atomic E-state index is 0.000904. The third-order valence-corrected chi connectivity index (χ3v) is 8.87. The molecule has 1 unspecified atom stereocenters. The fourth-order valence-electron chi connectivity index (χ4n) is 5.46. The topological polar surface area (TPSA) is 113 Å². The number of carbonyl (C=O) groups excluding carboxylic acids is 2. The molecule has 2 aliphatic rings. The molecule has 0 aliphatic carbocycles. The maximum Gasteiger partial charge on any atom is 0.304 e. The number of hydrogen-bond acceptors (Lipinski definition) is 7. The number of thiazole rings is 1. The second-order valence-corrected chi connectivity index (χ2v) is 11.8. The number of fused-ring (bicyclic) bond motifs is 1. The van der Waals surface area contributed by atoms with Crippen LogP contribution in [-0.4, -0.2) is 60.2 Å². The number of carboxylic acid groups (broad SMARTS) is 1. The van der Waals surface area contributed by atoms with Gasteiger partial charge in [-0.15, -0.1) is 0 Å². The Hall–Kier alpha value is -3.41. The Morgan fingerprint density at radius 1 is 1.24 bits per heavy atom. The third kappa shape index (κ3) is 6.27. The van der Waals surface area contributed by atoms with E-state index in [0.717, 1.165) is 35.3 Å². The minimum Gasteiger partial charge on any atom is -0.481 e. The van der Waals surface area contributed by atoms with Gasteiger partial charge in [0.05, 0.1) is 6.42 Å². The van der Waals surface area contributed by atoms with Crippen molar-refractivity contribution in [2.24, 2.45) is 11.8 Å². The summed E-state index contributed by atoms with van der Waals surface area (Å²) in [5, 5.41) is 9.38. The van der Waals surface area contributed by atoms with Gasteiger partial charge < -0.3 is 9.84 Å². The van der Waals surface area contributed by atoms with Crippen LogP contribution in [0.5, 0.6) is 0 Å². The van der Waals surface area contributed by atoms with Gasteiger partial charge in [0.1, 0.15) is 11.5 Å². The first-order valence-electron chi connectivity index (χ1n) is 13.4. The SMILES string of the molecule is CN(C(=O)C(CC(=O)O)CC1CCOCC1)c1nc(-c2cc(Cl)ccc2-c2cnc3c(c2)CCC(=O)N3C)c(F)s1. The largest absolute Gasteiger partial charge is 0.481 e. The number of nitrogens with zero attached hydrogens (tertiary/aromatic N) is 4. The molecule has 2 amide bonds. The van der Waals surface area contributed by atoms with Crippen molar-refractivity contribution in [3.8, 4) is 22.4 Å². The first-order valence-corrected chi connectivity index (χ1v) is 14.6. The van der Waals surface area contributed by atoms with Gasteiger partial charge >= 0.3 is 5.97 Å². The Morgan fingerprint density at radius 3 is 2.73 bits per heavy atom. The zero-order chi connectivity index (χ0) is 29.3. The lowest BCUT2D eigenvalue weighted by molar-refractivity contribution is -0.141. The fraction of sp³-hybridized carbons (Fsp3) is 0.414. The lowest BCUT2D eigenvalue weighted by atomic mass is 9.86. The number of halogens is 2. The van der Waals surface area contributed by atoms with Crippen molar-refractivity contribution >= 4 is 51.7 Å². The average Bonchev–Trinajstić information content (AvgIpc) is 3.35. The van der Waals surface area contributed by atoms with E-state index in [2.05, 4.69) is 9.97 Å². The van der Waals surface area contributed by atoms with Gasteiger partial charge in [-0.2, -0.15) is 4.39 Å². The van der Waals surface area contributed by atoms with Gasteiger partial charge in [-0.1, -0.05) is 29.0 Å². The number of amides is 2. The van der Waals surface area contributed by atoms with Crippen LogP contribution in [0.3, 0.4) is 0 Å². The molecule has 12 heteroatoms. The van der Waals surface area contributed by atoms with Crippen LogP contribution in [0, 0.1) is 17.0 Å². The van der Waals surface area contributed by atoms with Gasteiger partial charge in [-0.25, -0.2) is 9.97 Å². The van der Waals surface area contributed by atoms with Crippen molar-refractivity contribution in [1.82, 2.24) is 9.97 Å². The standard InChI is InChI=1S/C29H30ClFN4O5S/c1-34-23(36)6-3-17-12-19(15-32-27(17)34)21-5-4-20(30)14-22(21)25-26(31)41-29(33-25)35(2)28(39)18(13-24(37)38)11-16-7-9-40-10-8-16/h4-5,12,14-16,18H,3,6-11,13H2,1-2H3,(H,37,38). The molecule has 1 aromatic carbocycles. The molecule has 216 valence electrons. The molecule has 0 saturated carbocycles. The minimum atomic E-state index is -1.06. The van der Waals surface area contributed by atoms with E-state index in [1.54, 1.807) is 31.4 Å². The normalized spacial score (nSPS) is 16.4. The highest BCUT2D eigenvalue weighted by Crippen LogP contribution is 2.40. The number of aromatic nitrogens is 2. The smallest absolute Gasteiger partial charge is 0.304 e. The second-order valence-electron chi connectivity index (χ2n) is 10.5. The number of rotatable bonds is 8. The van der Waals surface area contributed by atoms with Gasteiger partial charge in [0.25, 0.3) is 0 Å². The molecule has 1 fully saturated rings. The Kier molecular flexibility index (Phi) is 8.67. The lowest BCUT2D eigenvalue weighted by Crippen LogP contribution is -2.35. The number of carbonyl (C=O) groups is 3. The number of benzene rings is 1. The van der Waals surface area contributed by atoms with E-state index < -0.39 is 22.9 Å². The number of aliphatic carboxylic acids is 1. The molecular formula is C29H30ClFN4O5S. The van der Waals surface area contributed by atoms with Gasteiger partial charge in [0, 0.05) is 62.0 Å². The molecule has 4 heterocycles. The summed E-state index contributed by atoms with van der Waals surface area (Å²) in [4.78, 5) is 48.9. The zero-order valence-corrected chi connectivity index (χ0v) is 24.3. The number of ether oxygens (including phenoxy) is 1. The average molecular weight is 601 g/mol. The Bertz CT molecular complexity index is 1490. The molecule has 5 rings (SSSR count). The second kappa shape index (κ2) is 12.2. The van der Waals surface area contributed by atoms with Crippen LogP contribution in [-0.2, 0) is 25.5 Å². The van der Waals surface area contributed by atoms with Crippen molar-refractivity contribution in [1.29, 1.82) is 0 Å². The zero-order valence-electron chi connectivity index (χ0n) is 22.7. The molecule has 2 aromatic heterocycles. The van der Waals surface area contributed by atoms with Crippen LogP contribution in [0.2, 0.25) is 5.02 Å². The highest BCUT2D eigenvalue weighted by Gasteiger charge is 2.31. The van der Waals surface area contributed by atoms with Crippen LogP contribution < -0.4 is 9.80 Å². The molecule has 9 nitrogen and oxygen atoms in total. The molecule has 0 radical (unpaired) electrons. The Morgan fingerprint density at radius 2 is 2.00 bits per heavy atom. The summed E-state index contributed by atoms with van der Waals surface area (Å²) in [6.07, 6.45) is 4.21. The van der Waals surface area contributed by atoms with Crippen molar-refractivity contribution in [2.45, 2.75) is 38.5 Å². The van der Waals surface area contributed by atoms with Crippen LogP contribution >= 0.6 is 22.9 Å². The maximum absolute atomic E-state index is 15.5. The quantitative estimate of drug-likeness (QED) is 0.366. The number of pyridine rings is 1. The van der Waals surface area contributed by atoms with E-state index in [1.165, 1.54) is 16.8 Å². The molecule has 0 bridgehead atoms. The molecule has 0 spiro atoms. The summed E-state index contributed by atoms with van der Waals surface area (Å²) in [6, 6.07) is 7.02. The van der Waals surface area contributed by atoms with Crippen LogP contribution in [0.4, 0.5) is 15.3 Å². The monoisotopic (exact) mass is 600 g/mol. The van der Waals surface area contributed by atoms with Crippen molar-refractivity contribution in [3.63, 3.8) is 0 Å². The van der Waals surface area contributed by atoms with Crippen LogP contribution in [0.25, 0.3) is 22.4 Å². The predicted octanol–water partition coefficient (Wildman–Crippen LogP) is 5.44. The Balaban J connectivity index is 1.45. The highest BCUT2D eigenvalue weighted by atomic mass is 35.5. The van der Waals surface area contributed by atoms with Gasteiger partial charge in [0.15, 0.2) is 5.13 Å². The van der Waals surface area contributed by atoms with E-state index >= 15 is 4.39 Å². The molecule has 1 N–H and O–H groups in total. The third-order valence-electron chi connectivity index (χ3n) is 7.71. The van der Waals surface area contributed by atoms with E-state index in [-0.39, 0.29) is 29.1 Å². The molecule has 41 heavy (non-hydrogen) atoms. The Labute approximate surface area is 245 Å². The fourth-order valence-corrected chi connectivity index (χ4v) is 6.41. The molecule has 1 atom stereocenters. The van der Waals surface area contributed by atoms with Gasteiger partial charge in [0.2, 0.25) is 16.9 Å². The summed E-state index contributed by atoms with van der Waals surface area (Å²) in [7, 11) is 3.18. The number of aryl methyl sites for hydroxylation is 1. The summed E-state index contributed by atoms with van der Waals surface area (Å²) >= 11 is 7.04.